The molecule has 0 amide bonds. The highest BCUT2D eigenvalue weighted by atomic mass is 16.5. The van der Waals surface area contributed by atoms with Gasteiger partial charge in [-0.1, -0.05) is 47.1 Å². The molecule has 0 saturated carbocycles. The van der Waals surface area contributed by atoms with Gasteiger partial charge in [0, 0.05) is 6.54 Å². The van der Waals surface area contributed by atoms with E-state index < -0.39 is 0 Å². The van der Waals surface area contributed by atoms with E-state index in [2.05, 4.69) is 51.2 Å². The third kappa shape index (κ3) is 8.61. The van der Waals surface area contributed by atoms with E-state index in [1.807, 2.05) is 24.3 Å². The fourth-order valence-electron chi connectivity index (χ4n) is 2.46. The van der Waals surface area contributed by atoms with Crippen LogP contribution in [0.4, 0.5) is 5.69 Å². The zero-order valence-corrected chi connectivity index (χ0v) is 16.0. The summed E-state index contributed by atoms with van der Waals surface area (Å²) in [6.07, 6.45) is 11.5. The Kier molecular flexibility index (Phi) is 9.67. The van der Waals surface area contributed by atoms with Crippen molar-refractivity contribution >= 4 is 5.69 Å². The Morgan fingerprint density at radius 3 is 2.21 bits per heavy atom. The van der Waals surface area contributed by atoms with Gasteiger partial charge in [0.2, 0.25) is 0 Å². The average molecular weight is 328 g/mol. The van der Waals surface area contributed by atoms with Gasteiger partial charge in [-0.2, -0.15) is 0 Å². The fraction of sp³-hybridized carbons (Fsp3) is 0.455. The molecule has 0 bridgehead atoms. The molecule has 0 aliphatic rings. The summed E-state index contributed by atoms with van der Waals surface area (Å²) in [5, 5.41) is 3.41. The lowest BCUT2D eigenvalue weighted by molar-refractivity contribution is 0.416. The Bertz CT molecular complexity index is 577. The molecular weight excluding hydrogens is 294 g/mol. The first-order valence-electron chi connectivity index (χ1n) is 8.84. The van der Waals surface area contributed by atoms with E-state index in [0.29, 0.717) is 0 Å². The summed E-state index contributed by atoms with van der Waals surface area (Å²) in [4.78, 5) is 0. The van der Waals surface area contributed by atoms with Crippen LogP contribution >= 0.6 is 0 Å². The van der Waals surface area contributed by atoms with Gasteiger partial charge in [-0.05, 0) is 65.5 Å². The van der Waals surface area contributed by atoms with Crippen LogP contribution in [0.1, 0.15) is 53.4 Å². The zero-order valence-electron chi connectivity index (χ0n) is 16.0. The molecule has 24 heavy (non-hydrogen) atoms. The van der Waals surface area contributed by atoms with Crippen LogP contribution in [0.3, 0.4) is 0 Å². The molecule has 0 heterocycles. The van der Waals surface area contributed by atoms with Crippen molar-refractivity contribution in [2.45, 2.75) is 53.4 Å². The smallest absolute Gasteiger partial charge is 0.141 e. The van der Waals surface area contributed by atoms with Crippen LogP contribution in [-0.4, -0.2) is 13.7 Å². The Morgan fingerprint density at radius 1 is 0.917 bits per heavy atom. The number of anilines is 1. The first-order valence-corrected chi connectivity index (χ1v) is 8.84. The van der Waals surface area contributed by atoms with Crippen LogP contribution in [0.2, 0.25) is 0 Å². The number of methoxy groups -OCH3 is 1. The number of para-hydroxylation sites is 2. The number of nitrogens with one attached hydrogen (secondary N) is 1. The van der Waals surface area contributed by atoms with Gasteiger partial charge in [-0.15, -0.1) is 0 Å². The molecule has 0 fully saturated rings. The van der Waals surface area contributed by atoms with E-state index in [-0.39, 0.29) is 0 Å². The van der Waals surface area contributed by atoms with E-state index in [4.69, 9.17) is 4.74 Å². The molecule has 0 aliphatic heterocycles. The molecule has 0 aromatic heterocycles. The standard InChI is InChI=1S/C22H33NO/c1-18(2)10-8-11-19(3)12-9-13-20(4)16-17-23-21-14-6-7-15-22(21)24-5/h6-7,10,12,14-16,23H,8-9,11,13,17H2,1-5H3/b19-12+,20-16+. The van der Waals surface area contributed by atoms with Gasteiger partial charge < -0.3 is 10.1 Å². The number of hydrogen-bond acceptors (Lipinski definition) is 2. The van der Waals surface area contributed by atoms with Crippen molar-refractivity contribution in [3.05, 3.63) is 59.2 Å². The highest BCUT2D eigenvalue weighted by Crippen LogP contribution is 2.22. The third-order valence-corrected chi connectivity index (χ3v) is 3.97. The van der Waals surface area contributed by atoms with Gasteiger partial charge in [-0.25, -0.2) is 0 Å². The van der Waals surface area contributed by atoms with E-state index >= 15 is 0 Å². The zero-order chi connectivity index (χ0) is 17.8. The van der Waals surface area contributed by atoms with Crippen LogP contribution in [0.25, 0.3) is 0 Å². The lowest BCUT2D eigenvalue weighted by Gasteiger charge is -2.09. The number of benzene rings is 1. The third-order valence-electron chi connectivity index (χ3n) is 3.97. The lowest BCUT2D eigenvalue weighted by Crippen LogP contribution is -2.01. The van der Waals surface area contributed by atoms with Crippen molar-refractivity contribution in [2.75, 3.05) is 19.0 Å². The molecule has 0 atom stereocenters. The molecule has 2 nitrogen and oxygen atoms in total. The molecule has 0 radical (unpaired) electrons. The van der Waals surface area contributed by atoms with Crippen LogP contribution in [0.15, 0.2) is 59.2 Å². The fourth-order valence-corrected chi connectivity index (χ4v) is 2.46. The number of hydrogen-bond donors (Lipinski definition) is 1. The normalized spacial score (nSPS) is 12.0. The quantitative estimate of drug-likeness (QED) is 0.493. The molecule has 2 heteroatoms. The van der Waals surface area contributed by atoms with Gasteiger partial charge in [0.25, 0.3) is 0 Å². The summed E-state index contributed by atoms with van der Waals surface area (Å²) in [5.41, 5.74) is 5.36. The van der Waals surface area contributed by atoms with Crippen LogP contribution in [0.5, 0.6) is 5.75 Å². The van der Waals surface area contributed by atoms with Gasteiger partial charge in [-0.3, -0.25) is 0 Å². The number of rotatable bonds is 10. The molecule has 132 valence electrons. The minimum absolute atomic E-state index is 0.829. The van der Waals surface area contributed by atoms with Gasteiger partial charge >= 0.3 is 0 Å². The molecule has 0 spiro atoms. The summed E-state index contributed by atoms with van der Waals surface area (Å²) in [6.45, 7) is 9.59. The molecule has 1 aromatic rings. The number of allylic oxidation sites excluding steroid dienone is 5. The first-order chi connectivity index (χ1) is 11.5. The Balaban J connectivity index is 2.33. The van der Waals surface area contributed by atoms with Crippen molar-refractivity contribution < 1.29 is 4.74 Å². The Morgan fingerprint density at radius 2 is 1.54 bits per heavy atom. The second kappa shape index (κ2) is 11.6. The summed E-state index contributed by atoms with van der Waals surface area (Å²) < 4.78 is 5.35. The highest BCUT2D eigenvalue weighted by molar-refractivity contribution is 5.56. The minimum Gasteiger partial charge on any atom is -0.495 e. The van der Waals surface area contributed by atoms with E-state index in [9.17, 15) is 0 Å². The van der Waals surface area contributed by atoms with Crippen molar-refractivity contribution in [3.63, 3.8) is 0 Å². The second-order valence-corrected chi connectivity index (χ2v) is 6.54. The maximum atomic E-state index is 5.35. The monoisotopic (exact) mass is 327 g/mol. The Labute approximate surface area is 148 Å². The SMILES string of the molecule is COc1ccccc1NC/C=C(\C)CC/C=C(\C)CCC=C(C)C. The molecule has 0 saturated heterocycles. The van der Waals surface area contributed by atoms with Crippen molar-refractivity contribution in [1.29, 1.82) is 0 Å². The molecule has 0 aliphatic carbocycles. The summed E-state index contributed by atoms with van der Waals surface area (Å²) in [6, 6.07) is 8.02. The second-order valence-electron chi connectivity index (χ2n) is 6.54. The molecule has 1 aromatic carbocycles. The topological polar surface area (TPSA) is 21.3 Å². The van der Waals surface area contributed by atoms with Gasteiger partial charge in [0.15, 0.2) is 0 Å². The van der Waals surface area contributed by atoms with Crippen LogP contribution < -0.4 is 10.1 Å². The van der Waals surface area contributed by atoms with E-state index in [1.165, 1.54) is 23.1 Å². The van der Waals surface area contributed by atoms with E-state index in [1.54, 1.807) is 7.11 Å². The van der Waals surface area contributed by atoms with Crippen molar-refractivity contribution in [2.24, 2.45) is 0 Å². The molecular formula is C22H33NO. The predicted octanol–water partition coefficient (Wildman–Crippen LogP) is 6.53. The lowest BCUT2D eigenvalue weighted by atomic mass is 10.1. The maximum Gasteiger partial charge on any atom is 0.141 e. The summed E-state index contributed by atoms with van der Waals surface area (Å²) in [7, 11) is 1.70. The average Bonchev–Trinajstić information content (AvgIpc) is 2.55. The number of ether oxygens (including phenoxy) is 1. The van der Waals surface area contributed by atoms with Crippen molar-refractivity contribution in [1.82, 2.24) is 0 Å². The Hall–Kier alpha value is -1.96. The predicted molar refractivity (Wildman–Crippen MR) is 107 cm³/mol. The summed E-state index contributed by atoms with van der Waals surface area (Å²) in [5.74, 6) is 0.887. The van der Waals surface area contributed by atoms with Crippen LogP contribution in [-0.2, 0) is 0 Å². The van der Waals surface area contributed by atoms with Gasteiger partial charge in [0.1, 0.15) is 5.75 Å². The minimum atomic E-state index is 0.829. The largest absolute Gasteiger partial charge is 0.495 e. The van der Waals surface area contributed by atoms with E-state index in [0.717, 1.165) is 37.2 Å². The van der Waals surface area contributed by atoms with Crippen LogP contribution in [0, 0.1) is 0 Å². The van der Waals surface area contributed by atoms with Gasteiger partial charge in [0.05, 0.1) is 12.8 Å². The molecule has 0 unspecified atom stereocenters. The maximum absolute atomic E-state index is 5.35. The molecule has 1 rings (SSSR count). The molecule has 1 N–H and O–H groups in total. The highest BCUT2D eigenvalue weighted by Gasteiger charge is 1.98. The summed E-state index contributed by atoms with van der Waals surface area (Å²) >= 11 is 0. The van der Waals surface area contributed by atoms with Crippen molar-refractivity contribution in [3.8, 4) is 5.75 Å². The first kappa shape index (κ1) is 20.1.